The van der Waals surface area contributed by atoms with E-state index in [9.17, 15) is 8.42 Å². The summed E-state index contributed by atoms with van der Waals surface area (Å²) in [5.74, 6) is 1.58. The van der Waals surface area contributed by atoms with Crippen molar-refractivity contribution < 1.29 is 22.6 Å². The van der Waals surface area contributed by atoms with Gasteiger partial charge in [-0.1, -0.05) is 48.6 Å². The second-order valence-corrected chi connectivity index (χ2v) is 7.98. The minimum absolute atomic E-state index is 0.202. The molecule has 0 atom stereocenters. The van der Waals surface area contributed by atoms with Gasteiger partial charge >= 0.3 is 0 Å². The van der Waals surface area contributed by atoms with Crippen LogP contribution >= 0.6 is 0 Å². The molecular formula is C23H23NO5S. The number of rotatable bonds is 8. The topological polar surface area (TPSA) is 73.9 Å². The van der Waals surface area contributed by atoms with Crippen molar-refractivity contribution in [2.75, 3.05) is 26.1 Å². The van der Waals surface area contributed by atoms with Gasteiger partial charge in [0.2, 0.25) is 5.75 Å². The average molecular weight is 426 g/mol. The Balaban J connectivity index is 1.93. The van der Waals surface area contributed by atoms with Crippen LogP contribution in [0.2, 0.25) is 0 Å². The molecule has 0 heterocycles. The molecule has 30 heavy (non-hydrogen) atoms. The molecule has 3 aromatic carbocycles. The highest BCUT2D eigenvalue weighted by molar-refractivity contribution is 7.92. The first-order valence-corrected chi connectivity index (χ1v) is 10.6. The molecule has 0 fully saturated rings. The molecule has 0 aliphatic rings. The van der Waals surface area contributed by atoms with Crippen molar-refractivity contribution in [3.63, 3.8) is 0 Å². The molecule has 1 N–H and O–H groups in total. The fourth-order valence-electron chi connectivity index (χ4n) is 2.92. The standard InChI is InChI=1S/C23H23NO5S/c1-27-21-15-17(16-22(28-2)23(21)29-3)13-14-18-9-7-8-12-20(18)24-30(25,26)19-10-5-4-6-11-19/h4-16,24H,1-3H3/b14-13-. The Morgan fingerprint density at radius 3 is 1.97 bits per heavy atom. The predicted molar refractivity (Wildman–Crippen MR) is 119 cm³/mol. The zero-order valence-electron chi connectivity index (χ0n) is 17.0. The highest BCUT2D eigenvalue weighted by Gasteiger charge is 2.15. The van der Waals surface area contributed by atoms with E-state index in [1.165, 1.54) is 0 Å². The van der Waals surface area contributed by atoms with Gasteiger partial charge in [-0.25, -0.2) is 8.42 Å². The quantitative estimate of drug-likeness (QED) is 0.530. The van der Waals surface area contributed by atoms with Crippen LogP contribution in [0.25, 0.3) is 12.2 Å². The molecule has 0 unspecified atom stereocenters. The summed E-state index contributed by atoms with van der Waals surface area (Å²) in [4.78, 5) is 0.202. The zero-order chi connectivity index (χ0) is 21.6. The molecule has 0 radical (unpaired) electrons. The third-order valence-corrected chi connectivity index (χ3v) is 5.78. The maximum atomic E-state index is 12.7. The van der Waals surface area contributed by atoms with E-state index in [4.69, 9.17) is 14.2 Å². The average Bonchev–Trinajstić information content (AvgIpc) is 2.78. The van der Waals surface area contributed by atoms with Gasteiger partial charge in [0, 0.05) is 0 Å². The summed E-state index contributed by atoms with van der Waals surface area (Å²) < 4.78 is 44.1. The van der Waals surface area contributed by atoms with Gasteiger partial charge in [-0.3, -0.25) is 4.72 Å². The van der Waals surface area contributed by atoms with E-state index in [-0.39, 0.29) is 4.90 Å². The third-order valence-electron chi connectivity index (χ3n) is 4.40. The lowest BCUT2D eigenvalue weighted by Gasteiger charge is -2.13. The molecule has 7 heteroatoms. The minimum Gasteiger partial charge on any atom is -0.493 e. The van der Waals surface area contributed by atoms with Crippen molar-refractivity contribution in [1.82, 2.24) is 0 Å². The summed E-state index contributed by atoms with van der Waals surface area (Å²) in [6, 6.07) is 19.0. The Morgan fingerprint density at radius 2 is 1.37 bits per heavy atom. The molecule has 0 spiro atoms. The first kappa shape index (κ1) is 21.3. The number of hydrogen-bond donors (Lipinski definition) is 1. The fourth-order valence-corrected chi connectivity index (χ4v) is 4.03. The van der Waals surface area contributed by atoms with Crippen molar-refractivity contribution in [3.8, 4) is 17.2 Å². The normalized spacial score (nSPS) is 11.3. The summed E-state index contributed by atoms with van der Waals surface area (Å²) in [6.07, 6.45) is 3.67. The van der Waals surface area contributed by atoms with Crippen molar-refractivity contribution in [2.24, 2.45) is 0 Å². The van der Waals surface area contributed by atoms with E-state index >= 15 is 0 Å². The van der Waals surface area contributed by atoms with Crippen LogP contribution in [0, 0.1) is 0 Å². The number of para-hydroxylation sites is 1. The van der Waals surface area contributed by atoms with Gasteiger partial charge in [-0.2, -0.15) is 0 Å². The molecule has 0 bridgehead atoms. The van der Waals surface area contributed by atoms with Gasteiger partial charge in [0.1, 0.15) is 0 Å². The monoisotopic (exact) mass is 425 g/mol. The molecule has 156 valence electrons. The molecule has 0 saturated heterocycles. The lowest BCUT2D eigenvalue weighted by molar-refractivity contribution is 0.324. The van der Waals surface area contributed by atoms with Gasteiger partial charge in [0.05, 0.1) is 31.9 Å². The highest BCUT2D eigenvalue weighted by atomic mass is 32.2. The Bertz CT molecular complexity index is 1120. The first-order valence-electron chi connectivity index (χ1n) is 9.13. The molecule has 0 amide bonds. The molecule has 0 aliphatic heterocycles. The van der Waals surface area contributed by atoms with E-state index in [0.29, 0.717) is 28.5 Å². The molecule has 6 nitrogen and oxygen atoms in total. The number of hydrogen-bond acceptors (Lipinski definition) is 5. The lowest BCUT2D eigenvalue weighted by atomic mass is 10.1. The van der Waals surface area contributed by atoms with Crippen LogP contribution in [-0.4, -0.2) is 29.7 Å². The molecule has 3 aromatic rings. The summed E-state index contributed by atoms with van der Waals surface area (Å²) >= 11 is 0. The van der Waals surface area contributed by atoms with Crippen molar-refractivity contribution >= 4 is 27.9 Å². The SMILES string of the molecule is COc1cc(/C=C\c2ccccc2NS(=O)(=O)c2ccccc2)cc(OC)c1OC. The smallest absolute Gasteiger partial charge is 0.261 e. The maximum Gasteiger partial charge on any atom is 0.261 e. The molecule has 3 rings (SSSR count). The Labute approximate surface area is 176 Å². The summed E-state index contributed by atoms with van der Waals surface area (Å²) in [5.41, 5.74) is 2.00. The zero-order valence-corrected chi connectivity index (χ0v) is 17.8. The van der Waals surface area contributed by atoms with E-state index in [0.717, 1.165) is 5.56 Å². The van der Waals surface area contributed by atoms with E-state index in [1.807, 2.05) is 36.4 Å². The van der Waals surface area contributed by atoms with E-state index in [2.05, 4.69) is 4.72 Å². The van der Waals surface area contributed by atoms with Crippen LogP contribution in [0.5, 0.6) is 17.2 Å². The Kier molecular flexibility index (Phi) is 6.64. The first-order chi connectivity index (χ1) is 14.5. The van der Waals surface area contributed by atoms with Crippen LogP contribution in [-0.2, 0) is 10.0 Å². The van der Waals surface area contributed by atoms with Crippen LogP contribution in [0.15, 0.2) is 71.6 Å². The van der Waals surface area contributed by atoms with Crippen LogP contribution in [0.4, 0.5) is 5.69 Å². The number of ether oxygens (including phenoxy) is 3. The Hall–Kier alpha value is -3.45. The molecular weight excluding hydrogens is 402 g/mol. The molecule has 0 aromatic heterocycles. The summed E-state index contributed by atoms with van der Waals surface area (Å²) in [5, 5.41) is 0. The van der Waals surface area contributed by atoms with Crippen LogP contribution < -0.4 is 18.9 Å². The van der Waals surface area contributed by atoms with Crippen molar-refractivity contribution in [2.45, 2.75) is 4.90 Å². The highest BCUT2D eigenvalue weighted by Crippen LogP contribution is 2.38. The summed E-state index contributed by atoms with van der Waals surface area (Å²) in [7, 11) is 0.965. The number of nitrogens with one attached hydrogen (secondary N) is 1. The summed E-state index contributed by atoms with van der Waals surface area (Å²) in [6.45, 7) is 0. The molecule has 0 aliphatic carbocycles. The number of methoxy groups -OCH3 is 3. The molecule has 0 saturated carbocycles. The number of benzene rings is 3. The third kappa shape index (κ3) is 4.75. The van der Waals surface area contributed by atoms with Crippen molar-refractivity contribution in [1.29, 1.82) is 0 Å². The van der Waals surface area contributed by atoms with Crippen LogP contribution in [0.3, 0.4) is 0 Å². The van der Waals surface area contributed by atoms with Gasteiger partial charge in [0.25, 0.3) is 10.0 Å². The maximum absolute atomic E-state index is 12.7. The Morgan fingerprint density at radius 1 is 0.767 bits per heavy atom. The van der Waals surface area contributed by atoms with E-state index in [1.54, 1.807) is 63.8 Å². The van der Waals surface area contributed by atoms with Crippen LogP contribution in [0.1, 0.15) is 11.1 Å². The predicted octanol–water partition coefficient (Wildman–Crippen LogP) is 4.68. The fraction of sp³-hybridized carbons (Fsp3) is 0.130. The van der Waals surface area contributed by atoms with Gasteiger partial charge in [0.15, 0.2) is 11.5 Å². The van der Waals surface area contributed by atoms with Gasteiger partial charge < -0.3 is 14.2 Å². The number of anilines is 1. The lowest BCUT2D eigenvalue weighted by Crippen LogP contribution is -2.13. The minimum atomic E-state index is -3.69. The largest absolute Gasteiger partial charge is 0.493 e. The second-order valence-electron chi connectivity index (χ2n) is 6.30. The van der Waals surface area contributed by atoms with Gasteiger partial charge in [-0.15, -0.1) is 0 Å². The van der Waals surface area contributed by atoms with Gasteiger partial charge in [-0.05, 0) is 41.5 Å². The second kappa shape index (κ2) is 9.37. The number of sulfonamides is 1. The van der Waals surface area contributed by atoms with E-state index < -0.39 is 10.0 Å². The van der Waals surface area contributed by atoms with Crippen molar-refractivity contribution in [3.05, 3.63) is 77.9 Å².